The van der Waals surface area contributed by atoms with Crippen molar-refractivity contribution in [1.29, 1.82) is 0 Å². The van der Waals surface area contributed by atoms with Crippen LogP contribution in [0.1, 0.15) is 21.7 Å². The Bertz CT molecular complexity index is 951. The fraction of sp³-hybridized carbons (Fsp3) is 0.158. The lowest BCUT2D eigenvalue weighted by Gasteiger charge is -2.09. The summed E-state index contributed by atoms with van der Waals surface area (Å²) in [5, 5.41) is 3.14. The Kier molecular flexibility index (Phi) is 6.05. The van der Waals surface area contributed by atoms with Crippen LogP contribution in [-0.4, -0.2) is 27.3 Å². The van der Waals surface area contributed by atoms with E-state index in [4.69, 9.17) is 5.73 Å². The molecule has 0 amide bonds. The van der Waals surface area contributed by atoms with Crippen LogP contribution in [0.3, 0.4) is 0 Å². The summed E-state index contributed by atoms with van der Waals surface area (Å²) >= 11 is 0. The summed E-state index contributed by atoms with van der Waals surface area (Å²) in [5.74, 6) is 0.0443. The molecule has 9 heteroatoms. The molecule has 7 nitrogen and oxygen atoms in total. The number of carbonyl (C=O) groups is 1. The zero-order chi connectivity index (χ0) is 19.9. The summed E-state index contributed by atoms with van der Waals surface area (Å²) in [6.45, 7) is -2.52. The van der Waals surface area contributed by atoms with Crippen LogP contribution in [0.15, 0.2) is 55.0 Å². The molecule has 0 unspecified atom stereocenters. The minimum absolute atomic E-state index is 0.0986. The van der Waals surface area contributed by atoms with Crippen LogP contribution < -0.4 is 15.8 Å². The third-order valence-electron chi connectivity index (χ3n) is 3.79. The number of hydrogen-bond acceptors (Lipinski definition) is 7. The predicted molar refractivity (Wildman–Crippen MR) is 99.1 cm³/mol. The Labute approximate surface area is 159 Å². The molecule has 0 aromatic carbocycles. The Morgan fingerprint density at radius 1 is 1.14 bits per heavy atom. The molecule has 3 N–H and O–H groups in total. The number of rotatable bonds is 8. The molecule has 0 fully saturated rings. The van der Waals surface area contributed by atoms with Gasteiger partial charge in [0.1, 0.15) is 17.3 Å². The minimum atomic E-state index is -2.94. The van der Waals surface area contributed by atoms with E-state index in [1.807, 2.05) is 6.07 Å². The van der Waals surface area contributed by atoms with Gasteiger partial charge in [-0.3, -0.25) is 9.78 Å². The first-order valence-electron chi connectivity index (χ1n) is 8.33. The van der Waals surface area contributed by atoms with Crippen molar-refractivity contribution in [2.75, 3.05) is 11.1 Å². The van der Waals surface area contributed by atoms with E-state index >= 15 is 0 Å². The molecule has 0 aliphatic heterocycles. The maximum atomic E-state index is 12.4. The lowest BCUT2D eigenvalue weighted by molar-refractivity contribution is -0.0500. The lowest BCUT2D eigenvalue weighted by atomic mass is 10.1. The summed E-state index contributed by atoms with van der Waals surface area (Å²) in [7, 11) is 0. The van der Waals surface area contributed by atoms with Crippen LogP contribution in [0.2, 0.25) is 0 Å². The van der Waals surface area contributed by atoms with E-state index in [9.17, 15) is 13.6 Å². The highest BCUT2D eigenvalue weighted by Crippen LogP contribution is 2.16. The van der Waals surface area contributed by atoms with Gasteiger partial charge in [-0.1, -0.05) is 0 Å². The summed E-state index contributed by atoms with van der Waals surface area (Å²) in [6, 6.07) is 9.75. The predicted octanol–water partition coefficient (Wildman–Crippen LogP) is 3.09. The molecule has 0 spiro atoms. The maximum absolute atomic E-state index is 12.4. The number of aromatic nitrogens is 3. The van der Waals surface area contributed by atoms with Crippen LogP contribution in [0, 0.1) is 0 Å². The lowest BCUT2D eigenvalue weighted by Crippen LogP contribution is -2.09. The molecule has 3 aromatic heterocycles. The number of anilines is 2. The topological polar surface area (TPSA) is 103 Å². The normalized spacial score (nSPS) is 10.7. The molecule has 0 bridgehead atoms. The van der Waals surface area contributed by atoms with Gasteiger partial charge in [-0.25, -0.2) is 9.97 Å². The van der Waals surface area contributed by atoms with Crippen molar-refractivity contribution >= 4 is 17.3 Å². The van der Waals surface area contributed by atoms with Crippen molar-refractivity contribution in [2.45, 2.75) is 19.6 Å². The number of ketones is 1. The molecular formula is C19H17F2N5O2. The van der Waals surface area contributed by atoms with Crippen molar-refractivity contribution in [3.63, 3.8) is 0 Å². The fourth-order valence-electron chi connectivity index (χ4n) is 2.48. The second kappa shape index (κ2) is 8.85. The van der Waals surface area contributed by atoms with Crippen molar-refractivity contribution in [3.8, 4) is 5.75 Å². The standard InChI is InChI=1S/C19H17F2N5O2/c20-19(21)28-14-3-4-15(26-11-14)17(27)9-12-5-7-23-13(8-12)10-25-16-2-1-6-24-18(16)22/h1-8,11,19,25H,9-10H2,(H2,22,24). The second-order valence-corrected chi connectivity index (χ2v) is 5.80. The third kappa shape index (κ3) is 5.19. The molecule has 0 aliphatic rings. The van der Waals surface area contributed by atoms with E-state index in [-0.39, 0.29) is 23.6 Å². The molecule has 0 aliphatic carbocycles. The van der Waals surface area contributed by atoms with E-state index in [0.29, 0.717) is 18.1 Å². The molecule has 28 heavy (non-hydrogen) atoms. The van der Waals surface area contributed by atoms with E-state index in [2.05, 4.69) is 25.0 Å². The van der Waals surface area contributed by atoms with E-state index < -0.39 is 6.61 Å². The summed E-state index contributed by atoms with van der Waals surface area (Å²) < 4.78 is 28.5. The fourth-order valence-corrected chi connectivity index (χ4v) is 2.48. The second-order valence-electron chi connectivity index (χ2n) is 5.80. The molecule has 0 radical (unpaired) electrons. The van der Waals surface area contributed by atoms with Crippen molar-refractivity contribution < 1.29 is 18.3 Å². The molecule has 3 aromatic rings. The van der Waals surface area contributed by atoms with Gasteiger partial charge >= 0.3 is 6.61 Å². The Balaban J connectivity index is 1.62. The molecule has 0 saturated carbocycles. The number of carbonyl (C=O) groups excluding carboxylic acids is 1. The molecular weight excluding hydrogens is 368 g/mol. The number of Topliss-reactive ketones (excluding diaryl/α,β-unsaturated/α-hetero) is 1. The first kappa shape index (κ1) is 19.2. The number of nitrogens with zero attached hydrogens (tertiary/aromatic N) is 3. The Morgan fingerprint density at radius 3 is 2.71 bits per heavy atom. The van der Waals surface area contributed by atoms with E-state index in [0.717, 1.165) is 17.5 Å². The highest BCUT2D eigenvalue weighted by molar-refractivity contribution is 5.95. The monoisotopic (exact) mass is 385 g/mol. The Hall–Kier alpha value is -3.62. The molecule has 3 rings (SSSR count). The van der Waals surface area contributed by atoms with Gasteiger partial charge in [-0.15, -0.1) is 0 Å². The number of nitrogens with two attached hydrogens (primary N) is 1. The number of hydrogen-bond donors (Lipinski definition) is 2. The summed E-state index contributed by atoms with van der Waals surface area (Å²) in [4.78, 5) is 24.5. The van der Waals surface area contributed by atoms with Gasteiger partial charge in [-0.05, 0) is 42.0 Å². The SMILES string of the molecule is Nc1ncccc1NCc1cc(CC(=O)c2ccc(OC(F)F)cn2)ccn1. The number of halogens is 2. The highest BCUT2D eigenvalue weighted by Gasteiger charge is 2.11. The zero-order valence-electron chi connectivity index (χ0n) is 14.7. The van der Waals surface area contributed by atoms with Gasteiger partial charge in [-0.2, -0.15) is 8.78 Å². The largest absolute Gasteiger partial charge is 0.433 e. The van der Waals surface area contributed by atoms with Crippen LogP contribution in [0.4, 0.5) is 20.3 Å². The van der Waals surface area contributed by atoms with Crippen LogP contribution >= 0.6 is 0 Å². The third-order valence-corrected chi connectivity index (χ3v) is 3.79. The molecule has 0 saturated heterocycles. The summed E-state index contributed by atoms with van der Waals surface area (Å²) in [6.07, 6.45) is 4.41. The van der Waals surface area contributed by atoms with Gasteiger partial charge < -0.3 is 15.8 Å². The van der Waals surface area contributed by atoms with Gasteiger partial charge in [0.15, 0.2) is 5.78 Å². The van der Waals surface area contributed by atoms with Crippen molar-refractivity contribution in [3.05, 3.63) is 71.9 Å². The zero-order valence-corrected chi connectivity index (χ0v) is 14.7. The average molecular weight is 385 g/mol. The van der Waals surface area contributed by atoms with Crippen molar-refractivity contribution in [1.82, 2.24) is 15.0 Å². The maximum Gasteiger partial charge on any atom is 0.387 e. The number of ether oxygens (including phenoxy) is 1. The highest BCUT2D eigenvalue weighted by atomic mass is 19.3. The number of pyridine rings is 3. The van der Waals surface area contributed by atoms with Gasteiger partial charge in [0, 0.05) is 18.8 Å². The molecule has 3 heterocycles. The van der Waals surface area contributed by atoms with Crippen LogP contribution in [0.5, 0.6) is 5.75 Å². The van der Waals surface area contributed by atoms with Crippen molar-refractivity contribution in [2.24, 2.45) is 0 Å². The number of alkyl halides is 2. The first-order valence-corrected chi connectivity index (χ1v) is 8.33. The van der Waals surface area contributed by atoms with Crippen LogP contribution in [-0.2, 0) is 13.0 Å². The molecule has 0 atom stereocenters. The molecule has 144 valence electrons. The smallest absolute Gasteiger partial charge is 0.387 e. The van der Waals surface area contributed by atoms with Gasteiger partial charge in [0.25, 0.3) is 0 Å². The number of nitrogen functional groups attached to an aromatic ring is 1. The van der Waals surface area contributed by atoms with Gasteiger partial charge in [0.05, 0.1) is 24.1 Å². The van der Waals surface area contributed by atoms with Crippen LogP contribution in [0.25, 0.3) is 0 Å². The Morgan fingerprint density at radius 2 is 2.00 bits per heavy atom. The van der Waals surface area contributed by atoms with Gasteiger partial charge in [0.2, 0.25) is 0 Å². The summed E-state index contributed by atoms with van der Waals surface area (Å²) in [5.41, 5.74) is 8.13. The first-order chi connectivity index (χ1) is 13.5. The minimum Gasteiger partial charge on any atom is -0.433 e. The average Bonchev–Trinajstić information content (AvgIpc) is 2.68. The van der Waals surface area contributed by atoms with E-state index in [1.54, 1.807) is 30.6 Å². The number of nitrogens with one attached hydrogen (secondary N) is 1. The van der Waals surface area contributed by atoms with E-state index in [1.165, 1.54) is 12.1 Å². The quantitative estimate of drug-likeness (QED) is 0.574.